The number of hydrogen-bond acceptors (Lipinski definition) is 3. The van der Waals surface area contributed by atoms with Gasteiger partial charge in [0.15, 0.2) is 0 Å². The van der Waals surface area contributed by atoms with Crippen LogP contribution in [0.4, 0.5) is 0 Å². The van der Waals surface area contributed by atoms with Crippen molar-refractivity contribution in [1.82, 2.24) is 14.8 Å². The topological polar surface area (TPSA) is 56.7 Å². The molecule has 0 aliphatic carbocycles. The Labute approximate surface area is 165 Å². The molecule has 0 saturated carbocycles. The first-order valence-electron chi connectivity index (χ1n) is 9.40. The van der Waals surface area contributed by atoms with Gasteiger partial charge in [-0.05, 0) is 48.2 Å². The zero-order chi connectivity index (χ0) is 19.7. The van der Waals surface area contributed by atoms with Crippen LogP contribution in [0.15, 0.2) is 73.1 Å². The summed E-state index contributed by atoms with van der Waals surface area (Å²) in [6, 6.07) is 20.8. The molecule has 4 aromatic rings. The predicted molar refractivity (Wildman–Crippen MR) is 114 cm³/mol. The van der Waals surface area contributed by atoms with Gasteiger partial charge in [-0.15, -0.1) is 0 Å². The van der Waals surface area contributed by atoms with E-state index in [0.29, 0.717) is 0 Å². The van der Waals surface area contributed by atoms with E-state index in [2.05, 4.69) is 67.4 Å². The van der Waals surface area contributed by atoms with Gasteiger partial charge in [0.1, 0.15) is 0 Å². The lowest BCUT2D eigenvalue weighted by molar-refractivity contribution is 0.673. The van der Waals surface area contributed by atoms with Crippen molar-refractivity contribution < 1.29 is 0 Å². The summed E-state index contributed by atoms with van der Waals surface area (Å²) in [7, 11) is 1.94. The molecule has 0 aliphatic rings. The van der Waals surface area contributed by atoms with Gasteiger partial charge in [0, 0.05) is 25.0 Å². The normalized spacial score (nSPS) is 12.1. The SMILES string of the molecule is Cc1ccc(-c2ccc(-c3cc(C(N)c4cccnc4)n(C)n3)c(C)c2)cc1. The molecule has 0 bridgehead atoms. The van der Waals surface area contributed by atoms with Gasteiger partial charge in [0.05, 0.1) is 17.4 Å². The molecule has 1 atom stereocenters. The second-order valence-electron chi connectivity index (χ2n) is 7.24. The Morgan fingerprint density at radius 3 is 2.36 bits per heavy atom. The Bertz CT molecular complexity index is 1100. The molecule has 2 aromatic heterocycles. The van der Waals surface area contributed by atoms with E-state index in [1.165, 1.54) is 22.3 Å². The Kier molecular flexibility index (Phi) is 4.80. The predicted octanol–water partition coefficient (Wildman–Crippen LogP) is 4.81. The summed E-state index contributed by atoms with van der Waals surface area (Å²) in [6.07, 6.45) is 3.56. The third-order valence-electron chi connectivity index (χ3n) is 5.17. The Balaban J connectivity index is 1.67. The first-order valence-corrected chi connectivity index (χ1v) is 9.40. The molecule has 28 heavy (non-hydrogen) atoms. The first kappa shape index (κ1) is 18.1. The zero-order valence-corrected chi connectivity index (χ0v) is 16.4. The molecule has 2 heterocycles. The Morgan fingerprint density at radius 2 is 1.68 bits per heavy atom. The number of nitrogens with two attached hydrogens (primary N) is 1. The average molecular weight is 368 g/mol. The summed E-state index contributed by atoms with van der Waals surface area (Å²) in [4.78, 5) is 4.17. The molecule has 1 unspecified atom stereocenters. The van der Waals surface area contributed by atoms with Crippen molar-refractivity contribution in [2.24, 2.45) is 12.8 Å². The van der Waals surface area contributed by atoms with Crippen LogP contribution >= 0.6 is 0 Å². The van der Waals surface area contributed by atoms with Crippen LogP contribution in [0.3, 0.4) is 0 Å². The standard InChI is InChI=1S/C24H24N4/c1-16-6-8-18(9-7-16)19-10-11-21(17(2)13-19)22-14-23(28(3)27-22)24(25)20-5-4-12-26-15-20/h4-15,24H,25H2,1-3H3. The fourth-order valence-electron chi connectivity index (χ4n) is 3.51. The number of nitrogens with zero attached hydrogens (tertiary/aromatic N) is 3. The minimum Gasteiger partial charge on any atom is -0.319 e. The molecule has 0 aliphatic heterocycles. The van der Waals surface area contributed by atoms with Gasteiger partial charge in [-0.2, -0.15) is 5.10 Å². The van der Waals surface area contributed by atoms with E-state index in [4.69, 9.17) is 10.8 Å². The van der Waals surface area contributed by atoms with E-state index >= 15 is 0 Å². The first-order chi connectivity index (χ1) is 13.5. The van der Waals surface area contributed by atoms with Gasteiger partial charge < -0.3 is 5.73 Å². The third-order valence-corrected chi connectivity index (χ3v) is 5.17. The molecule has 0 amide bonds. The minimum absolute atomic E-state index is 0.257. The Morgan fingerprint density at radius 1 is 0.929 bits per heavy atom. The number of pyridine rings is 1. The highest BCUT2D eigenvalue weighted by atomic mass is 15.3. The van der Waals surface area contributed by atoms with Crippen LogP contribution in [-0.4, -0.2) is 14.8 Å². The molecule has 0 radical (unpaired) electrons. The number of aromatic nitrogens is 3. The summed E-state index contributed by atoms with van der Waals surface area (Å²) >= 11 is 0. The van der Waals surface area contributed by atoms with Gasteiger partial charge >= 0.3 is 0 Å². The quantitative estimate of drug-likeness (QED) is 0.562. The lowest BCUT2D eigenvalue weighted by Crippen LogP contribution is -2.15. The number of hydrogen-bond donors (Lipinski definition) is 1. The van der Waals surface area contributed by atoms with E-state index in [1.54, 1.807) is 12.4 Å². The van der Waals surface area contributed by atoms with Crippen LogP contribution in [0.1, 0.15) is 28.4 Å². The van der Waals surface area contributed by atoms with Crippen LogP contribution in [-0.2, 0) is 7.05 Å². The van der Waals surface area contributed by atoms with Crippen LogP contribution in [0, 0.1) is 13.8 Å². The molecular weight excluding hydrogens is 344 g/mol. The van der Waals surface area contributed by atoms with E-state index < -0.39 is 0 Å². The maximum absolute atomic E-state index is 6.46. The van der Waals surface area contributed by atoms with Crippen molar-refractivity contribution >= 4 is 0 Å². The number of rotatable bonds is 4. The smallest absolute Gasteiger partial charge is 0.0929 e. The lowest BCUT2D eigenvalue weighted by Gasteiger charge is -2.11. The van der Waals surface area contributed by atoms with E-state index in [9.17, 15) is 0 Å². The van der Waals surface area contributed by atoms with Crippen molar-refractivity contribution in [3.63, 3.8) is 0 Å². The second kappa shape index (κ2) is 7.41. The third kappa shape index (κ3) is 3.47. The van der Waals surface area contributed by atoms with Gasteiger partial charge in [-0.1, -0.05) is 54.1 Å². The van der Waals surface area contributed by atoms with Gasteiger partial charge in [-0.25, -0.2) is 0 Å². The van der Waals surface area contributed by atoms with Crippen LogP contribution in [0.2, 0.25) is 0 Å². The van der Waals surface area contributed by atoms with Gasteiger partial charge in [0.25, 0.3) is 0 Å². The summed E-state index contributed by atoms with van der Waals surface area (Å²) in [6.45, 7) is 4.23. The van der Waals surface area contributed by atoms with E-state index in [-0.39, 0.29) is 6.04 Å². The highest BCUT2D eigenvalue weighted by Gasteiger charge is 2.17. The average Bonchev–Trinajstić information content (AvgIpc) is 3.10. The van der Waals surface area contributed by atoms with Gasteiger partial charge in [-0.3, -0.25) is 9.67 Å². The van der Waals surface area contributed by atoms with Gasteiger partial charge in [0.2, 0.25) is 0 Å². The summed E-state index contributed by atoms with van der Waals surface area (Å²) in [5.41, 5.74) is 15.3. The summed E-state index contributed by atoms with van der Waals surface area (Å²) in [5.74, 6) is 0. The maximum Gasteiger partial charge on any atom is 0.0929 e. The van der Waals surface area contributed by atoms with Crippen LogP contribution < -0.4 is 5.73 Å². The molecule has 0 saturated heterocycles. The minimum atomic E-state index is -0.257. The van der Waals surface area contributed by atoms with Crippen molar-refractivity contribution in [3.8, 4) is 22.4 Å². The molecule has 4 nitrogen and oxygen atoms in total. The monoisotopic (exact) mass is 368 g/mol. The van der Waals surface area contributed by atoms with Crippen LogP contribution in [0.25, 0.3) is 22.4 Å². The fraction of sp³-hybridized carbons (Fsp3) is 0.167. The molecule has 0 fully saturated rings. The highest BCUT2D eigenvalue weighted by Crippen LogP contribution is 2.30. The van der Waals surface area contributed by atoms with Crippen LogP contribution in [0.5, 0.6) is 0 Å². The molecular formula is C24H24N4. The Hall–Kier alpha value is -3.24. The van der Waals surface area contributed by atoms with E-state index in [0.717, 1.165) is 22.5 Å². The molecule has 140 valence electrons. The molecule has 2 N–H and O–H groups in total. The summed E-state index contributed by atoms with van der Waals surface area (Å²) < 4.78 is 1.86. The molecule has 0 spiro atoms. The largest absolute Gasteiger partial charge is 0.319 e. The zero-order valence-electron chi connectivity index (χ0n) is 16.4. The van der Waals surface area contributed by atoms with Crippen molar-refractivity contribution in [2.45, 2.75) is 19.9 Å². The maximum atomic E-state index is 6.46. The van der Waals surface area contributed by atoms with Crippen molar-refractivity contribution in [1.29, 1.82) is 0 Å². The second-order valence-corrected chi connectivity index (χ2v) is 7.24. The molecule has 4 rings (SSSR count). The van der Waals surface area contributed by atoms with E-state index in [1.807, 2.05) is 23.9 Å². The highest BCUT2D eigenvalue weighted by molar-refractivity contribution is 5.72. The summed E-state index contributed by atoms with van der Waals surface area (Å²) in [5, 5.41) is 4.72. The van der Waals surface area contributed by atoms with Crippen molar-refractivity contribution in [3.05, 3.63) is 95.4 Å². The molecule has 2 aromatic carbocycles. The lowest BCUT2D eigenvalue weighted by atomic mass is 9.97. The number of aryl methyl sites for hydroxylation is 3. The number of benzene rings is 2. The molecule has 4 heteroatoms. The fourth-order valence-corrected chi connectivity index (χ4v) is 3.51. The van der Waals surface area contributed by atoms with Crippen molar-refractivity contribution in [2.75, 3.05) is 0 Å².